The lowest BCUT2D eigenvalue weighted by molar-refractivity contribution is 0.138. The molecule has 0 unspecified atom stereocenters. The predicted molar refractivity (Wildman–Crippen MR) is 68.2 cm³/mol. The van der Waals surface area contributed by atoms with Crippen LogP contribution in [0.15, 0.2) is 27.1 Å². The van der Waals surface area contributed by atoms with E-state index in [-0.39, 0.29) is 12.2 Å². The SMILES string of the molecule is O=C(NCc1ccc(Br)c(Br)c1)OC1CC1. The molecule has 0 aliphatic heterocycles. The van der Waals surface area contributed by atoms with Gasteiger partial charge in [0.2, 0.25) is 0 Å². The van der Waals surface area contributed by atoms with E-state index >= 15 is 0 Å². The quantitative estimate of drug-likeness (QED) is 0.906. The first-order valence-electron chi connectivity index (χ1n) is 5.03. The third-order valence-electron chi connectivity index (χ3n) is 2.22. The largest absolute Gasteiger partial charge is 0.446 e. The van der Waals surface area contributed by atoms with Crippen molar-refractivity contribution in [3.8, 4) is 0 Å². The number of halogens is 2. The molecule has 1 amide bonds. The van der Waals surface area contributed by atoms with E-state index in [9.17, 15) is 4.79 Å². The Morgan fingerprint density at radius 1 is 1.38 bits per heavy atom. The summed E-state index contributed by atoms with van der Waals surface area (Å²) in [5, 5.41) is 2.72. The van der Waals surface area contributed by atoms with Crippen LogP contribution in [0.3, 0.4) is 0 Å². The summed E-state index contributed by atoms with van der Waals surface area (Å²) in [6.07, 6.45) is 1.81. The number of carbonyl (C=O) groups is 1. The molecule has 1 saturated carbocycles. The highest BCUT2D eigenvalue weighted by Gasteiger charge is 2.25. The number of amides is 1. The van der Waals surface area contributed by atoms with Gasteiger partial charge < -0.3 is 10.1 Å². The number of hydrogen-bond donors (Lipinski definition) is 1. The Hall–Kier alpha value is -0.550. The van der Waals surface area contributed by atoms with E-state index in [0.717, 1.165) is 27.4 Å². The number of alkyl carbamates (subject to hydrolysis) is 1. The molecular weight excluding hydrogens is 338 g/mol. The second-order valence-corrected chi connectivity index (χ2v) is 5.42. The molecule has 5 heteroatoms. The summed E-state index contributed by atoms with van der Waals surface area (Å²) in [6.45, 7) is 0.484. The molecular formula is C11H11Br2NO2. The number of benzene rings is 1. The van der Waals surface area contributed by atoms with Crippen molar-refractivity contribution in [3.05, 3.63) is 32.7 Å². The van der Waals surface area contributed by atoms with E-state index < -0.39 is 0 Å². The van der Waals surface area contributed by atoms with Crippen LogP contribution in [0.4, 0.5) is 4.79 Å². The molecule has 1 aromatic rings. The number of hydrogen-bond acceptors (Lipinski definition) is 2. The van der Waals surface area contributed by atoms with Crippen molar-refractivity contribution in [3.63, 3.8) is 0 Å². The fourth-order valence-electron chi connectivity index (χ4n) is 1.20. The summed E-state index contributed by atoms with van der Waals surface area (Å²) in [6, 6.07) is 5.85. The van der Waals surface area contributed by atoms with Crippen LogP contribution in [-0.4, -0.2) is 12.2 Å². The normalized spacial score (nSPS) is 14.6. The van der Waals surface area contributed by atoms with E-state index in [1.807, 2.05) is 18.2 Å². The molecule has 0 spiro atoms. The van der Waals surface area contributed by atoms with Gasteiger partial charge in [0.25, 0.3) is 0 Å². The monoisotopic (exact) mass is 347 g/mol. The summed E-state index contributed by atoms with van der Waals surface area (Å²) >= 11 is 6.80. The van der Waals surface area contributed by atoms with Gasteiger partial charge in [-0.2, -0.15) is 0 Å². The number of rotatable bonds is 3. The van der Waals surface area contributed by atoms with Crippen molar-refractivity contribution >= 4 is 38.0 Å². The second-order valence-electron chi connectivity index (χ2n) is 3.71. The number of carbonyl (C=O) groups excluding carboxylic acids is 1. The molecule has 0 bridgehead atoms. The molecule has 1 aliphatic rings. The lowest BCUT2D eigenvalue weighted by Gasteiger charge is -2.06. The first-order valence-corrected chi connectivity index (χ1v) is 6.62. The molecule has 16 heavy (non-hydrogen) atoms. The van der Waals surface area contributed by atoms with E-state index in [1.165, 1.54) is 0 Å². The molecule has 1 aromatic carbocycles. The van der Waals surface area contributed by atoms with Crippen LogP contribution < -0.4 is 5.32 Å². The smallest absolute Gasteiger partial charge is 0.407 e. The number of nitrogens with one attached hydrogen (secondary N) is 1. The van der Waals surface area contributed by atoms with Crippen LogP contribution in [0.25, 0.3) is 0 Å². The summed E-state index contributed by atoms with van der Waals surface area (Å²) < 4.78 is 7.04. The van der Waals surface area contributed by atoms with Gasteiger partial charge in [0.15, 0.2) is 0 Å². The molecule has 0 heterocycles. The molecule has 1 N–H and O–H groups in total. The Kier molecular flexibility index (Phi) is 3.86. The Morgan fingerprint density at radius 2 is 2.12 bits per heavy atom. The predicted octanol–water partition coefficient (Wildman–Crippen LogP) is 3.60. The van der Waals surface area contributed by atoms with Crippen molar-refractivity contribution < 1.29 is 9.53 Å². The summed E-state index contributed by atoms with van der Waals surface area (Å²) in [4.78, 5) is 11.3. The number of ether oxygens (including phenoxy) is 1. The summed E-state index contributed by atoms with van der Waals surface area (Å²) in [5.74, 6) is 0. The molecule has 0 atom stereocenters. The lowest BCUT2D eigenvalue weighted by atomic mass is 10.2. The Balaban J connectivity index is 1.83. The van der Waals surface area contributed by atoms with Crippen molar-refractivity contribution in [1.82, 2.24) is 5.32 Å². The topological polar surface area (TPSA) is 38.3 Å². The minimum Gasteiger partial charge on any atom is -0.446 e. The molecule has 86 valence electrons. The zero-order valence-electron chi connectivity index (χ0n) is 8.50. The van der Waals surface area contributed by atoms with Gasteiger partial charge in [-0.05, 0) is 62.4 Å². The van der Waals surface area contributed by atoms with Gasteiger partial charge in [0, 0.05) is 15.5 Å². The minimum atomic E-state index is -0.332. The fourth-order valence-corrected chi connectivity index (χ4v) is 1.88. The van der Waals surface area contributed by atoms with Crippen LogP contribution in [0, 0.1) is 0 Å². The summed E-state index contributed by atoms with van der Waals surface area (Å²) in [5.41, 5.74) is 1.03. The van der Waals surface area contributed by atoms with Gasteiger partial charge >= 0.3 is 6.09 Å². The highest BCUT2D eigenvalue weighted by molar-refractivity contribution is 9.13. The maximum absolute atomic E-state index is 11.3. The maximum atomic E-state index is 11.3. The molecule has 0 radical (unpaired) electrons. The van der Waals surface area contributed by atoms with Gasteiger partial charge in [-0.25, -0.2) is 4.79 Å². The molecule has 1 aliphatic carbocycles. The van der Waals surface area contributed by atoms with Gasteiger partial charge in [0.05, 0.1) is 0 Å². The molecule has 3 nitrogen and oxygen atoms in total. The van der Waals surface area contributed by atoms with Gasteiger partial charge in [-0.1, -0.05) is 6.07 Å². The average molecular weight is 349 g/mol. The van der Waals surface area contributed by atoms with Crippen molar-refractivity contribution in [2.45, 2.75) is 25.5 Å². The van der Waals surface area contributed by atoms with E-state index in [4.69, 9.17) is 4.74 Å². The van der Waals surface area contributed by atoms with Gasteiger partial charge in [0.1, 0.15) is 6.10 Å². The summed E-state index contributed by atoms with van der Waals surface area (Å²) in [7, 11) is 0. The van der Waals surface area contributed by atoms with Crippen molar-refractivity contribution in [2.75, 3.05) is 0 Å². The van der Waals surface area contributed by atoms with Crippen LogP contribution in [0.2, 0.25) is 0 Å². The second kappa shape index (κ2) is 5.19. The Bertz CT molecular complexity index is 405. The average Bonchev–Trinajstić information content (AvgIpc) is 3.04. The van der Waals surface area contributed by atoms with Crippen LogP contribution in [-0.2, 0) is 11.3 Å². The van der Waals surface area contributed by atoms with Gasteiger partial charge in [-0.15, -0.1) is 0 Å². The lowest BCUT2D eigenvalue weighted by Crippen LogP contribution is -2.24. The van der Waals surface area contributed by atoms with Crippen LogP contribution >= 0.6 is 31.9 Å². The van der Waals surface area contributed by atoms with Gasteiger partial charge in [-0.3, -0.25) is 0 Å². The van der Waals surface area contributed by atoms with E-state index in [2.05, 4.69) is 37.2 Å². The zero-order valence-corrected chi connectivity index (χ0v) is 11.7. The fraction of sp³-hybridized carbons (Fsp3) is 0.364. The molecule has 2 rings (SSSR count). The molecule has 0 saturated heterocycles. The molecule has 0 aromatic heterocycles. The van der Waals surface area contributed by atoms with E-state index in [0.29, 0.717) is 6.54 Å². The van der Waals surface area contributed by atoms with Crippen molar-refractivity contribution in [2.24, 2.45) is 0 Å². The van der Waals surface area contributed by atoms with Crippen LogP contribution in [0.1, 0.15) is 18.4 Å². The highest BCUT2D eigenvalue weighted by Crippen LogP contribution is 2.24. The third kappa shape index (κ3) is 3.49. The van der Waals surface area contributed by atoms with Crippen molar-refractivity contribution in [1.29, 1.82) is 0 Å². The Labute approximate surface area is 111 Å². The van der Waals surface area contributed by atoms with E-state index in [1.54, 1.807) is 0 Å². The first-order chi connectivity index (χ1) is 7.65. The zero-order chi connectivity index (χ0) is 11.5. The third-order valence-corrected chi connectivity index (χ3v) is 4.10. The van der Waals surface area contributed by atoms with Crippen LogP contribution in [0.5, 0.6) is 0 Å². The maximum Gasteiger partial charge on any atom is 0.407 e. The molecule has 1 fully saturated rings. The Morgan fingerprint density at radius 3 is 2.75 bits per heavy atom. The first kappa shape index (κ1) is 11.9. The standard InChI is InChI=1S/C11H11Br2NO2/c12-9-4-1-7(5-10(9)13)6-14-11(15)16-8-2-3-8/h1,4-5,8H,2-3,6H2,(H,14,15). The minimum absolute atomic E-state index is 0.150. The highest BCUT2D eigenvalue weighted by atomic mass is 79.9.